The van der Waals surface area contributed by atoms with E-state index in [1.807, 2.05) is 6.07 Å². The second-order valence-corrected chi connectivity index (χ2v) is 8.01. The summed E-state index contributed by atoms with van der Waals surface area (Å²) < 4.78 is 12.6. The molecule has 0 radical (unpaired) electrons. The Balaban J connectivity index is 1.35. The molecule has 3 saturated carbocycles. The molecule has 1 aromatic rings. The number of benzene rings is 1. The smallest absolute Gasteiger partial charge is 0.405 e. The molecule has 118 valence electrons. The lowest BCUT2D eigenvalue weighted by Crippen LogP contribution is -2.65. The number of nitrogens with one attached hydrogen (secondary N) is 1. The summed E-state index contributed by atoms with van der Waals surface area (Å²) in [6, 6.07) is 10.5. The first-order valence-corrected chi connectivity index (χ1v) is 8.58. The molecule has 1 aliphatic heterocycles. The highest BCUT2D eigenvalue weighted by atomic mass is 16.7. The summed E-state index contributed by atoms with van der Waals surface area (Å²) in [6.45, 7) is 7.94. The molecule has 1 N–H and O–H groups in total. The van der Waals surface area contributed by atoms with Crippen LogP contribution in [0.5, 0.6) is 0 Å². The first kappa shape index (κ1) is 14.7. The van der Waals surface area contributed by atoms with Crippen molar-refractivity contribution in [2.45, 2.75) is 51.9 Å². The summed E-state index contributed by atoms with van der Waals surface area (Å²) in [5.41, 5.74) is 1.63. The SMILES string of the molecule is CC1(C)[C@@H]2C[C@H]3OB(CNCc4ccccc4)O[C@@]3(C)[C@H]1C2. The van der Waals surface area contributed by atoms with Crippen LogP contribution in [0.3, 0.4) is 0 Å². The van der Waals surface area contributed by atoms with E-state index in [0.29, 0.717) is 11.3 Å². The lowest BCUT2D eigenvalue weighted by Gasteiger charge is -2.64. The fourth-order valence-corrected chi connectivity index (χ4v) is 4.97. The molecule has 1 aromatic carbocycles. The quantitative estimate of drug-likeness (QED) is 0.867. The molecule has 22 heavy (non-hydrogen) atoms. The van der Waals surface area contributed by atoms with Gasteiger partial charge in [0.05, 0.1) is 11.7 Å². The Labute approximate surface area is 133 Å². The van der Waals surface area contributed by atoms with E-state index < -0.39 is 0 Å². The molecule has 4 atom stereocenters. The average Bonchev–Trinajstić information content (AvgIpc) is 2.84. The van der Waals surface area contributed by atoms with Gasteiger partial charge in [-0.15, -0.1) is 0 Å². The van der Waals surface area contributed by atoms with E-state index in [4.69, 9.17) is 9.31 Å². The summed E-state index contributed by atoms with van der Waals surface area (Å²) in [5, 5.41) is 3.47. The van der Waals surface area contributed by atoms with Gasteiger partial charge in [0.1, 0.15) is 0 Å². The predicted molar refractivity (Wildman–Crippen MR) is 88.3 cm³/mol. The molecule has 4 heteroatoms. The molecule has 0 spiro atoms. The molecule has 3 aliphatic carbocycles. The second-order valence-electron chi connectivity index (χ2n) is 8.01. The molecule has 1 saturated heterocycles. The van der Waals surface area contributed by atoms with Crippen molar-refractivity contribution in [2.75, 3.05) is 6.44 Å². The van der Waals surface area contributed by atoms with Gasteiger partial charge < -0.3 is 14.6 Å². The summed E-state index contributed by atoms with van der Waals surface area (Å²) in [7, 11) is -0.103. The third kappa shape index (κ3) is 2.16. The van der Waals surface area contributed by atoms with E-state index in [0.717, 1.165) is 25.3 Å². The van der Waals surface area contributed by atoms with Gasteiger partial charge in [0.15, 0.2) is 0 Å². The van der Waals surface area contributed by atoms with Crippen molar-refractivity contribution in [1.29, 1.82) is 0 Å². The largest absolute Gasteiger partial charge is 0.472 e. The molecule has 1 heterocycles. The summed E-state index contributed by atoms with van der Waals surface area (Å²) in [4.78, 5) is 0. The highest BCUT2D eigenvalue weighted by Gasteiger charge is 2.67. The standard InChI is InChI=1S/C18H26BNO2/c1-17(2)14-9-15(17)18(3)16(10-14)21-19(22-18)12-20-11-13-7-5-4-6-8-13/h4-8,14-16,20H,9-12H2,1-3H3/t14-,15-,16+,18-/m0/s1. The highest BCUT2D eigenvalue weighted by molar-refractivity contribution is 6.45. The van der Waals surface area contributed by atoms with Crippen molar-refractivity contribution < 1.29 is 9.31 Å². The van der Waals surface area contributed by atoms with Gasteiger partial charge in [-0.2, -0.15) is 0 Å². The van der Waals surface area contributed by atoms with Crippen LogP contribution in [0.4, 0.5) is 0 Å². The lowest BCUT2D eigenvalue weighted by molar-refractivity contribution is -0.199. The van der Waals surface area contributed by atoms with Crippen molar-refractivity contribution in [3.8, 4) is 0 Å². The summed E-state index contributed by atoms with van der Waals surface area (Å²) in [5.74, 6) is 1.46. The molecular weight excluding hydrogens is 273 g/mol. The predicted octanol–water partition coefficient (Wildman–Crippen LogP) is 3.04. The van der Waals surface area contributed by atoms with Crippen molar-refractivity contribution in [2.24, 2.45) is 17.3 Å². The fraction of sp³-hybridized carbons (Fsp3) is 0.667. The summed E-state index contributed by atoms with van der Waals surface area (Å²) >= 11 is 0. The topological polar surface area (TPSA) is 30.5 Å². The van der Waals surface area contributed by atoms with Crippen molar-refractivity contribution >= 4 is 7.12 Å². The van der Waals surface area contributed by atoms with E-state index in [9.17, 15) is 0 Å². The van der Waals surface area contributed by atoms with E-state index in [1.165, 1.54) is 12.0 Å². The van der Waals surface area contributed by atoms with Crippen LogP contribution in [-0.4, -0.2) is 25.3 Å². The fourth-order valence-electron chi connectivity index (χ4n) is 4.97. The molecule has 0 unspecified atom stereocenters. The zero-order valence-electron chi connectivity index (χ0n) is 13.8. The van der Waals surface area contributed by atoms with Gasteiger partial charge in [-0.3, -0.25) is 0 Å². The lowest BCUT2D eigenvalue weighted by atomic mass is 9.43. The maximum atomic E-state index is 6.39. The molecule has 0 amide bonds. The first-order valence-electron chi connectivity index (χ1n) is 8.58. The van der Waals surface area contributed by atoms with E-state index in [2.05, 4.69) is 50.4 Å². The average molecular weight is 299 g/mol. The maximum absolute atomic E-state index is 6.39. The van der Waals surface area contributed by atoms with Gasteiger partial charge in [-0.05, 0) is 42.6 Å². The Bertz CT molecular complexity index is 549. The van der Waals surface area contributed by atoms with E-state index >= 15 is 0 Å². The Morgan fingerprint density at radius 1 is 1.18 bits per heavy atom. The van der Waals surface area contributed by atoms with Crippen LogP contribution in [0.25, 0.3) is 0 Å². The summed E-state index contributed by atoms with van der Waals surface area (Å²) in [6.07, 6.45) is 3.52. The van der Waals surface area contributed by atoms with Crippen LogP contribution in [-0.2, 0) is 15.9 Å². The van der Waals surface area contributed by atoms with E-state index in [-0.39, 0.29) is 18.8 Å². The normalized spacial score (nSPS) is 38.5. The van der Waals surface area contributed by atoms with Gasteiger partial charge in [-0.1, -0.05) is 44.2 Å². The van der Waals surface area contributed by atoms with E-state index in [1.54, 1.807) is 0 Å². The van der Waals surface area contributed by atoms with Crippen LogP contribution in [0.15, 0.2) is 30.3 Å². The Kier molecular flexibility index (Phi) is 3.41. The van der Waals surface area contributed by atoms with Gasteiger partial charge in [0.25, 0.3) is 0 Å². The van der Waals surface area contributed by atoms with Crippen molar-refractivity contribution in [3.63, 3.8) is 0 Å². The van der Waals surface area contributed by atoms with Gasteiger partial charge in [-0.25, -0.2) is 0 Å². The van der Waals surface area contributed by atoms with Gasteiger partial charge >= 0.3 is 7.12 Å². The van der Waals surface area contributed by atoms with Crippen molar-refractivity contribution in [3.05, 3.63) is 35.9 Å². The number of hydrogen-bond acceptors (Lipinski definition) is 3. The third-order valence-corrected chi connectivity index (χ3v) is 6.48. The zero-order chi connectivity index (χ0) is 15.4. The minimum Gasteiger partial charge on any atom is -0.405 e. The minimum absolute atomic E-state index is 0.0860. The molecule has 4 fully saturated rings. The molecule has 4 aliphatic rings. The third-order valence-electron chi connectivity index (χ3n) is 6.48. The molecule has 0 aromatic heterocycles. The minimum atomic E-state index is -0.103. The number of hydrogen-bond donors (Lipinski definition) is 1. The Morgan fingerprint density at radius 3 is 2.68 bits per heavy atom. The monoisotopic (exact) mass is 299 g/mol. The number of rotatable bonds is 4. The second kappa shape index (κ2) is 5.08. The van der Waals surface area contributed by atoms with Gasteiger partial charge in [0, 0.05) is 13.0 Å². The van der Waals surface area contributed by atoms with Crippen LogP contribution in [0, 0.1) is 17.3 Å². The Morgan fingerprint density at radius 2 is 1.95 bits per heavy atom. The molecule has 3 nitrogen and oxygen atoms in total. The van der Waals surface area contributed by atoms with Crippen LogP contribution in [0.1, 0.15) is 39.2 Å². The van der Waals surface area contributed by atoms with Crippen LogP contribution >= 0.6 is 0 Å². The highest BCUT2D eigenvalue weighted by Crippen LogP contribution is 2.65. The van der Waals surface area contributed by atoms with Crippen LogP contribution < -0.4 is 5.32 Å². The zero-order valence-corrected chi connectivity index (χ0v) is 13.8. The first-order chi connectivity index (χ1) is 10.5. The van der Waals surface area contributed by atoms with Gasteiger partial charge in [0.2, 0.25) is 0 Å². The maximum Gasteiger partial charge on any atom is 0.472 e. The Hall–Kier alpha value is -0.835. The molecular formula is C18H26BNO2. The molecule has 2 bridgehead atoms. The van der Waals surface area contributed by atoms with Crippen LogP contribution in [0.2, 0.25) is 0 Å². The van der Waals surface area contributed by atoms with Crippen molar-refractivity contribution in [1.82, 2.24) is 5.32 Å². The molecule has 5 rings (SSSR count).